The summed E-state index contributed by atoms with van der Waals surface area (Å²) in [6, 6.07) is 3.20. The van der Waals surface area contributed by atoms with Gasteiger partial charge < -0.3 is 10.4 Å². The molecule has 0 fully saturated rings. The number of hydrogen-bond donors (Lipinski definition) is 2. The molecule has 0 amide bonds. The Morgan fingerprint density at radius 1 is 1.50 bits per heavy atom. The van der Waals surface area contributed by atoms with Gasteiger partial charge in [-0.3, -0.25) is 0 Å². The van der Waals surface area contributed by atoms with Crippen LogP contribution in [0.15, 0.2) is 23.7 Å². The molecular formula is C12H13N3O2S. The molecule has 0 spiro atoms. The van der Waals surface area contributed by atoms with E-state index in [1.165, 1.54) is 23.6 Å². The second-order valence-corrected chi connectivity index (χ2v) is 4.95. The Balaban J connectivity index is 2.17. The Morgan fingerprint density at radius 3 is 2.89 bits per heavy atom. The van der Waals surface area contributed by atoms with Gasteiger partial charge in [0, 0.05) is 17.3 Å². The minimum Gasteiger partial charge on any atom is -0.477 e. The van der Waals surface area contributed by atoms with Gasteiger partial charge in [-0.15, -0.1) is 11.3 Å². The third kappa shape index (κ3) is 2.84. The highest BCUT2D eigenvalue weighted by atomic mass is 32.1. The van der Waals surface area contributed by atoms with Crippen LogP contribution in [-0.4, -0.2) is 21.0 Å². The van der Waals surface area contributed by atoms with Gasteiger partial charge >= 0.3 is 5.97 Å². The molecule has 18 heavy (non-hydrogen) atoms. The highest BCUT2D eigenvalue weighted by Gasteiger charge is 2.08. The second-order valence-electron chi connectivity index (χ2n) is 4.09. The molecule has 6 heteroatoms. The fourth-order valence-corrected chi connectivity index (χ4v) is 2.25. The van der Waals surface area contributed by atoms with Crippen LogP contribution in [0.1, 0.15) is 35.9 Å². The zero-order chi connectivity index (χ0) is 13.1. The van der Waals surface area contributed by atoms with E-state index >= 15 is 0 Å². The van der Waals surface area contributed by atoms with E-state index in [0.717, 1.165) is 10.8 Å². The summed E-state index contributed by atoms with van der Waals surface area (Å²) < 4.78 is 0. The van der Waals surface area contributed by atoms with E-state index in [0.29, 0.717) is 11.6 Å². The number of rotatable bonds is 4. The topological polar surface area (TPSA) is 75.1 Å². The standard InChI is InChI=1S/C12H13N3O2S/c1-7(2)10-6-18-12(15-10)14-8-3-4-13-9(5-8)11(16)17/h3-7H,1-2H3,(H,16,17)(H,13,14,15). The molecule has 0 saturated heterocycles. The molecule has 2 heterocycles. The van der Waals surface area contributed by atoms with Crippen LogP contribution in [0.4, 0.5) is 10.8 Å². The minimum atomic E-state index is -1.04. The van der Waals surface area contributed by atoms with Crippen molar-refractivity contribution in [1.29, 1.82) is 0 Å². The number of anilines is 2. The van der Waals surface area contributed by atoms with E-state index in [9.17, 15) is 4.79 Å². The normalized spacial score (nSPS) is 10.6. The van der Waals surface area contributed by atoms with Gasteiger partial charge in [0.2, 0.25) is 0 Å². The van der Waals surface area contributed by atoms with Crippen molar-refractivity contribution < 1.29 is 9.90 Å². The summed E-state index contributed by atoms with van der Waals surface area (Å²) in [7, 11) is 0. The molecule has 0 aliphatic carbocycles. The van der Waals surface area contributed by atoms with Gasteiger partial charge in [0.25, 0.3) is 0 Å². The number of hydrogen-bond acceptors (Lipinski definition) is 5. The van der Waals surface area contributed by atoms with Gasteiger partial charge in [0.15, 0.2) is 5.13 Å². The first kappa shape index (κ1) is 12.5. The maximum Gasteiger partial charge on any atom is 0.354 e. The monoisotopic (exact) mass is 263 g/mol. The number of aromatic nitrogens is 2. The predicted molar refractivity (Wildman–Crippen MR) is 70.7 cm³/mol. The van der Waals surface area contributed by atoms with Crippen molar-refractivity contribution in [3.05, 3.63) is 35.1 Å². The Labute approximate surface area is 109 Å². The van der Waals surface area contributed by atoms with E-state index < -0.39 is 5.97 Å². The third-order valence-corrected chi connectivity index (χ3v) is 3.12. The first-order valence-electron chi connectivity index (χ1n) is 5.48. The lowest BCUT2D eigenvalue weighted by molar-refractivity contribution is 0.0690. The lowest BCUT2D eigenvalue weighted by atomic mass is 10.2. The van der Waals surface area contributed by atoms with Gasteiger partial charge in [-0.05, 0) is 18.1 Å². The second kappa shape index (κ2) is 5.14. The van der Waals surface area contributed by atoms with Crippen LogP contribution in [0.5, 0.6) is 0 Å². The third-order valence-electron chi connectivity index (χ3n) is 2.34. The Hall–Kier alpha value is -1.95. The number of nitrogens with one attached hydrogen (secondary N) is 1. The Morgan fingerprint density at radius 2 is 2.28 bits per heavy atom. The number of carboxylic acid groups (broad SMARTS) is 1. The number of nitrogens with zero attached hydrogens (tertiary/aromatic N) is 2. The Bertz CT molecular complexity index is 566. The van der Waals surface area contributed by atoms with Crippen molar-refractivity contribution in [3.63, 3.8) is 0 Å². The molecule has 2 aromatic heterocycles. The van der Waals surface area contributed by atoms with Crippen LogP contribution >= 0.6 is 11.3 Å². The first-order chi connectivity index (χ1) is 8.56. The molecule has 0 aromatic carbocycles. The van der Waals surface area contributed by atoms with Gasteiger partial charge in [0.05, 0.1) is 5.69 Å². The largest absolute Gasteiger partial charge is 0.477 e. The summed E-state index contributed by atoms with van der Waals surface area (Å²) in [5.41, 5.74) is 1.71. The molecule has 94 valence electrons. The highest BCUT2D eigenvalue weighted by Crippen LogP contribution is 2.24. The number of pyridine rings is 1. The average molecular weight is 263 g/mol. The summed E-state index contributed by atoms with van der Waals surface area (Å²) >= 11 is 1.50. The maximum atomic E-state index is 10.8. The number of aromatic carboxylic acids is 1. The van der Waals surface area contributed by atoms with Crippen LogP contribution in [-0.2, 0) is 0 Å². The lowest BCUT2D eigenvalue weighted by Gasteiger charge is -2.03. The van der Waals surface area contributed by atoms with Crippen molar-refractivity contribution in [2.24, 2.45) is 0 Å². The molecule has 2 N–H and O–H groups in total. The quantitative estimate of drug-likeness (QED) is 0.886. The number of thiazole rings is 1. The fraction of sp³-hybridized carbons (Fsp3) is 0.250. The summed E-state index contributed by atoms with van der Waals surface area (Å²) in [6.45, 7) is 4.15. The van der Waals surface area contributed by atoms with Crippen LogP contribution in [0.3, 0.4) is 0 Å². The smallest absolute Gasteiger partial charge is 0.354 e. The molecule has 2 aromatic rings. The molecule has 5 nitrogen and oxygen atoms in total. The van der Waals surface area contributed by atoms with Crippen molar-refractivity contribution in [1.82, 2.24) is 9.97 Å². The van der Waals surface area contributed by atoms with E-state index in [-0.39, 0.29) is 5.69 Å². The van der Waals surface area contributed by atoms with Gasteiger partial charge in [0.1, 0.15) is 5.69 Å². The molecular weight excluding hydrogens is 250 g/mol. The van der Waals surface area contributed by atoms with Crippen LogP contribution < -0.4 is 5.32 Å². The molecule has 2 rings (SSSR count). The molecule has 0 saturated carbocycles. The van der Waals surface area contributed by atoms with E-state index in [1.807, 2.05) is 5.38 Å². The summed E-state index contributed by atoms with van der Waals surface area (Å²) in [5, 5.41) is 14.7. The van der Waals surface area contributed by atoms with Crippen molar-refractivity contribution >= 4 is 28.1 Å². The number of carboxylic acids is 1. The maximum absolute atomic E-state index is 10.8. The zero-order valence-corrected chi connectivity index (χ0v) is 10.9. The van der Waals surface area contributed by atoms with Gasteiger partial charge in [-0.2, -0.15) is 0 Å². The SMILES string of the molecule is CC(C)c1csc(Nc2ccnc(C(=O)O)c2)n1. The average Bonchev–Trinajstić information content (AvgIpc) is 2.78. The molecule has 0 unspecified atom stereocenters. The molecule has 0 radical (unpaired) electrons. The number of carbonyl (C=O) groups is 1. The van der Waals surface area contributed by atoms with Gasteiger partial charge in [-0.25, -0.2) is 14.8 Å². The minimum absolute atomic E-state index is 0.0145. The van der Waals surface area contributed by atoms with Crippen molar-refractivity contribution in [2.75, 3.05) is 5.32 Å². The molecule has 0 aliphatic heterocycles. The van der Waals surface area contributed by atoms with E-state index in [4.69, 9.17) is 5.11 Å². The van der Waals surface area contributed by atoms with E-state index in [2.05, 4.69) is 29.1 Å². The highest BCUT2D eigenvalue weighted by molar-refractivity contribution is 7.13. The summed E-state index contributed by atoms with van der Waals surface area (Å²) in [5.74, 6) is -0.663. The fourth-order valence-electron chi connectivity index (χ4n) is 1.36. The predicted octanol–water partition coefficient (Wildman–Crippen LogP) is 3.10. The summed E-state index contributed by atoms with van der Waals surface area (Å²) in [4.78, 5) is 19.0. The van der Waals surface area contributed by atoms with E-state index in [1.54, 1.807) is 6.07 Å². The lowest BCUT2D eigenvalue weighted by Crippen LogP contribution is -2.01. The van der Waals surface area contributed by atoms with Crippen molar-refractivity contribution in [3.8, 4) is 0 Å². The zero-order valence-electron chi connectivity index (χ0n) is 10.0. The Kier molecular flexibility index (Phi) is 3.57. The molecule has 0 bridgehead atoms. The first-order valence-corrected chi connectivity index (χ1v) is 6.36. The van der Waals surface area contributed by atoms with Crippen LogP contribution in [0, 0.1) is 0 Å². The van der Waals surface area contributed by atoms with Gasteiger partial charge in [-0.1, -0.05) is 13.8 Å². The molecule has 0 aliphatic rings. The van der Waals surface area contributed by atoms with Crippen LogP contribution in [0.2, 0.25) is 0 Å². The molecule has 0 atom stereocenters. The summed E-state index contributed by atoms with van der Waals surface area (Å²) in [6.07, 6.45) is 1.46. The van der Waals surface area contributed by atoms with Crippen LogP contribution in [0.25, 0.3) is 0 Å². The van der Waals surface area contributed by atoms with Crippen molar-refractivity contribution in [2.45, 2.75) is 19.8 Å².